The van der Waals surface area contributed by atoms with E-state index >= 15 is 0 Å². The lowest BCUT2D eigenvalue weighted by Crippen LogP contribution is -2.49. The van der Waals surface area contributed by atoms with Gasteiger partial charge in [-0.2, -0.15) is 4.98 Å². The summed E-state index contributed by atoms with van der Waals surface area (Å²) in [5.41, 5.74) is -0.191. The van der Waals surface area contributed by atoms with Crippen molar-refractivity contribution < 1.29 is 13.3 Å². The second-order valence-corrected chi connectivity index (χ2v) is 7.57. The summed E-state index contributed by atoms with van der Waals surface area (Å²) in [5, 5.41) is 10.5. The van der Waals surface area contributed by atoms with Crippen molar-refractivity contribution in [3.8, 4) is 0 Å². The number of nitrogens with zero attached hydrogens (tertiary/aromatic N) is 4. The number of aliphatic imine (C=N–C) groups is 1. The highest BCUT2D eigenvalue weighted by atomic mass is 19.3. The zero-order chi connectivity index (χ0) is 19.2. The highest BCUT2D eigenvalue weighted by molar-refractivity contribution is 5.80. The second kappa shape index (κ2) is 9.25. The summed E-state index contributed by atoms with van der Waals surface area (Å²) < 4.78 is 30.2. The summed E-state index contributed by atoms with van der Waals surface area (Å²) in [6.45, 7) is 10.3. The van der Waals surface area contributed by atoms with E-state index in [1.807, 2.05) is 27.7 Å². The molecule has 0 saturated carbocycles. The van der Waals surface area contributed by atoms with E-state index in [0.29, 0.717) is 37.3 Å². The molecule has 0 radical (unpaired) electrons. The Balaban J connectivity index is 1.88. The van der Waals surface area contributed by atoms with Crippen molar-refractivity contribution >= 4 is 5.96 Å². The zero-order valence-electron chi connectivity index (χ0n) is 16.1. The molecule has 2 heterocycles. The second-order valence-electron chi connectivity index (χ2n) is 7.57. The van der Waals surface area contributed by atoms with E-state index in [1.165, 1.54) is 0 Å². The number of alkyl halides is 2. The molecule has 1 saturated heterocycles. The molecule has 0 spiro atoms. The molecule has 0 bridgehead atoms. The van der Waals surface area contributed by atoms with Crippen LogP contribution in [0.1, 0.15) is 52.3 Å². The van der Waals surface area contributed by atoms with Crippen molar-refractivity contribution in [3.63, 3.8) is 0 Å². The quantitative estimate of drug-likeness (QED) is 0.588. The first-order valence-corrected chi connectivity index (χ1v) is 9.16. The fourth-order valence-corrected chi connectivity index (χ4v) is 2.74. The van der Waals surface area contributed by atoms with Crippen LogP contribution in [0.5, 0.6) is 0 Å². The maximum absolute atomic E-state index is 12.5. The monoisotopic (exact) mass is 372 g/mol. The van der Waals surface area contributed by atoms with E-state index in [2.05, 4.69) is 25.8 Å². The molecule has 148 valence electrons. The number of piperidine rings is 1. The minimum Gasteiger partial charge on any atom is -0.357 e. The number of halogens is 2. The van der Waals surface area contributed by atoms with Crippen molar-refractivity contribution in [3.05, 3.63) is 11.7 Å². The van der Waals surface area contributed by atoms with Crippen LogP contribution in [0.4, 0.5) is 8.78 Å². The van der Waals surface area contributed by atoms with Gasteiger partial charge in [0.05, 0.1) is 6.54 Å². The summed E-state index contributed by atoms with van der Waals surface area (Å²) in [6, 6.07) is 0.220. The van der Waals surface area contributed by atoms with E-state index in [-0.39, 0.29) is 18.0 Å². The maximum Gasteiger partial charge on any atom is 0.251 e. The Morgan fingerprint density at radius 2 is 2.04 bits per heavy atom. The van der Waals surface area contributed by atoms with E-state index in [9.17, 15) is 8.78 Å². The van der Waals surface area contributed by atoms with Gasteiger partial charge in [-0.3, -0.25) is 4.90 Å². The molecular weight excluding hydrogens is 342 g/mol. The fourth-order valence-electron chi connectivity index (χ4n) is 2.74. The van der Waals surface area contributed by atoms with Crippen LogP contribution in [0.25, 0.3) is 0 Å². The van der Waals surface area contributed by atoms with Gasteiger partial charge in [-0.15, -0.1) is 0 Å². The van der Waals surface area contributed by atoms with E-state index in [0.717, 1.165) is 19.4 Å². The Kier molecular flexibility index (Phi) is 7.31. The minimum atomic E-state index is -2.27. The van der Waals surface area contributed by atoms with Crippen molar-refractivity contribution in [1.82, 2.24) is 25.7 Å². The Morgan fingerprint density at radius 1 is 1.35 bits per heavy atom. The molecule has 2 N–H and O–H groups in total. The third kappa shape index (κ3) is 6.51. The molecule has 0 amide bonds. The summed E-state index contributed by atoms with van der Waals surface area (Å²) in [7, 11) is 0. The van der Waals surface area contributed by atoms with Gasteiger partial charge in [0.15, 0.2) is 11.8 Å². The van der Waals surface area contributed by atoms with Crippen LogP contribution in [0.2, 0.25) is 0 Å². The summed E-state index contributed by atoms with van der Waals surface area (Å²) in [4.78, 5) is 10.7. The van der Waals surface area contributed by atoms with Crippen LogP contribution in [0.15, 0.2) is 9.52 Å². The van der Waals surface area contributed by atoms with E-state index < -0.39 is 6.43 Å². The number of rotatable bonds is 6. The average Bonchev–Trinajstić information content (AvgIpc) is 3.03. The van der Waals surface area contributed by atoms with Crippen LogP contribution >= 0.6 is 0 Å². The Bertz CT molecular complexity index is 576. The van der Waals surface area contributed by atoms with Crippen LogP contribution < -0.4 is 10.6 Å². The van der Waals surface area contributed by atoms with Gasteiger partial charge in [-0.25, -0.2) is 13.8 Å². The Morgan fingerprint density at radius 3 is 2.58 bits per heavy atom. The van der Waals surface area contributed by atoms with Crippen molar-refractivity contribution in [2.45, 2.75) is 65.0 Å². The minimum absolute atomic E-state index is 0.144. The standard InChI is InChI=1S/C17H30F2N6O/c1-5-20-16(21-10-14-23-15(26-24-14)17(2,3)4)22-12-6-8-25(9-7-12)11-13(18)19/h12-13H,5-11H2,1-4H3,(H2,20,21,22). The lowest BCUT2D eigenvalue weighted by molar-refractivity contribution is 0.0744. The lowest BCUT2D eigenvalue weighted by Gasteiger charge is -2.32. The summed E-state index contributed by atoms with van der Waals surface area (Å²) >= 11 is 0. The van der Waals surface area contributed by atoms with Gasteiger partial charge in [0.2, 0.25) is 5.89 Å². The van der Waals surface area contributed by atoms with Gasteiger partial charge in [-0.05, 0) is 19.8 Å². The Labute approximate surface area is 153 Å². The highest BCUT2D eigenvalue weighted by Crippen LogP contribution is 2.19. The third-order valence-electron chi connectivity index (χ3n) is 4.16. The third-order valence-corrected chi connectivity index (χ3v) is 4.16. The molecule has 0 aliphatic carbocycles. The van der Waals surface area contributed by atoms with Crippen molar-refractivity contribution in [1.29, 1.82) is 0 Å². The van der Waals surface area contributed by atoms with Gasteiger partial charge in [0, 0.05) is 31.1 Å². The highest BCUT2D eigenvalue weighted by Gasteiger charge is 2.23. The van der Waals surface area contributed by atoms with Gasteiger partial charge in [-0.1, -0.05) is 25.9 Å². The number of guanidine groups is 1. The number of aromatic nitrogens is 2. The molecular formula is C17H30F2N6O. The fraction of sp³-hybridized carbons (Fsp3) is 0.824. The normalized spacial score (nSPS) is 17.7. The largest absolute Gasteiger partial charge is 0.357 e. The zero-order valence-corrected chi connectivity index (χ0v) is 16.1. The van der Waals surface area contributed by atoms with Gasteiger partial charge < -0.3 is 15.2 Å². The molecule has 1 aromatic heterocycles. The van der Waals surface area contributed by atoms with E-state index in [1.54, 1.807) is 4.90 Å². The predicted molar refractivity (Wildman–Crippen MR) is 96.4 cm³/mol. The Hall–Kier alpha value is -1.77. The molecule has 1 fully saturated rings. The molecule has 7 nitrogen and oxygen atoms in total. The molecule has 1 aliphatic rings. The van der Waals surface area contributed by atoms with Gasteiger partial charge >= 0.3 is 0 Å². The first kappa shape index (κ1) is 20.5. The van der Waals surface area contributed by atoms with E-state index in [4.69, 9.17) is 4.52 Å². The van der Waals surface area contributed by atoms with Crippen LogP contribution in [0, 0.1) is 0 Å². The summed E-state index contributed by atoms with van der Waals surface area (Å²) in [5.74, 6) is 1.81. The maximum atomic E-state index is 12.5. The van der Waals surface area contributed by atoms with Gasteiger partial charge in [0.1, 0.15) is 6.54 Å². The van der Waals surface area contributed by atoms with Crippen molar-refractivity contribution in [2.24, 2.45) is 4.99 Å². The molecule has 26 heavy (non-hydrogen) atoms. The first-order chi connectivity index (χ1) is 12.3. The number of hydrogen-bond acceptors (Lipinski definition) is 5. The molecule has 0 atom stereocenters. The van der Waals surface area contributed by atoms with Crippen LogP contribution in [-0.2, 0) is 12.0 Å². The average molecular weight is 372 g/mol. The lowest BCUT2D eigenvalue weighted by atomic mass is 9.97. The molecule has 0 aromatic carbocycles. The molecule has 1 aromatic rings. The first-order valence-electron chi connectivity index (χ1n) is 9.16. The SMILES string of the molecule is CCNC(=NCc1noc(C(C)(C)C)n1)NC1CCN(CC(F)F)CC1. The number of hydrogen-bond donors (Lipinski definition) is 2. The van der Waals surface area contributed by atoms with Gasteiger partial charge in [0.25, 0.3) is 6.43 Å². The topological polar surface area (TPSA) is 78.6 Å². The molecule has 0 unspecified atom stereocenters. The number of nitrogens with one attached hydrogen (secondary N) is 2. The number of likely N-dealkylation sites (tertiary alicyclic amines) is 1. The van der Waals surface area contributed by atoms with Crippen LogP contribution in [0.3, 0.4) is 0 Å². The molecule has 1 aliphatic heterocycles. The smallest absolute Gasteiger partial charge is 0.251 e. The van der Waals surface area contributed by atoms with Crippen LogP contribution in [-0.4, -0.2) is 59.6 Å². The molecule has 9 heteroatoms. The van der Waals surface area contributed by atoms with Crippen molar-refractivity contribution in [2.75, 3.05) is 26.2 Å². The summed E-state index contributed by atoms with van der Waals surface area (Å²) in [6.07, 6.45) is -0.646. The predicted octanol–water partition coefficient (Wildman–Crippen LogP) is 2.15. The molecule has 2 rings (SSSR count).